The molecule has 0 aliphatic carbocycles. The molecule has 26 heavy (non-hydrogen) atoms. The van der Waals surface area contributed by atoms with Crippen LogP contribution in [0, 0.1) is 0 Å². The monoisotopic (exact) mass is 375 g/mol. The summed E-state index contributed by atoms with van der Waals surface area (Å²) in [5.74, 6) is -0.853. The molecule has 1 aromatic carbocycles. The molecule has 0 spiro atoms. The van der Waals surface area contributed by atoms with Gasteiger partial charge in [0.2, 0.25) is 0 Å². The number of carboxylic acid groups (broad SMARTS) is 1. The smallest absolute Gasteiger partial charge is 0.317 e. The first-order valence-electron chi connectivity index (χ1n) is 8.78. The number of aromatic nitrogens is 1. The third-order valence-electron chi connectivity index (χ3n) is 4.11. The van der Waals surface area contributed by atoms with Crippen LogP contribution in [0.3, 0.4) is 0 Å². The maximum atomic E-state index is 12.6. The van der Waals surface area contributed by atoms with Gasteiger partial charge in [-0.05, 0) is 25.3 Å². The lowest BCUT2D eigenvalue weighted by atomic mass is 10.0. The number of nitrogens with zero attached hydrogens (tertiary/aromatic N) is 2. The van der Waals surface area contributed by atoms with Crippen molar-refractivity contribution in [1.82, 2.24) is 15.2 Å². The van der Waals surface area contributed by atoms with Crippen molar-refractivity contribution in [2.24, 2.45) is 0 Å². The van der Waals surface area contributed by atoms with E-state index >= 15 is 0 Å². The molecule has 1 unspecified atom stereocenters. The highest BCUT2D eigenvalue weighted by Gasteiger charge is 2.18. The van der Waals surface area contributed by atoms with Crippen molar-refractivity contribution in [2.45, 2.75) is 38.6 Å². The van der Waals surface area contributed by atoms with E-state index in [2.05, 4.69) is 10.3 Å². The highest BCUT2D eigenvalue weighted by Crippen LogP contribution is 2.10. The van der Waals surface area contributed by atoms with Gasteiger partial charge >= 0.3 is 12.0 Å². The summed E-state index contributed by atoms with van der Waals surface area (Å²) in [6.07, 6.45) is 3.53. The summed E-state index contributed by atoms with van der Waals surface area (Å²) >= 11 is 1.58. The van der Waals surface area contributed by atoms with Crippen LogP contribution in [0.1, 0.15) is 30.3 Å². The van der Waals surface area contributed by atoms with Gasteiger partial charge in [-0.3, -0.25) is 4.79 Å². The van der Waals surface area contributed by atoms with Crippen molar-refractivity contribution >= 4 is 23.3 Å². The first-order valence-corrected chi connectivity index (χ1v) is 9.66. The molecule has 1 atom stereocenters. The molecule has 1 heterocycles. The Morgan fingerprint density at radius 3 is 2.69 bits per heavy atom. The predicted octanol–water partition coefficient (Wildman–Crippen LogP) is 3.19. The van der Waals surface area contributed by atoms with Crippen molar-refractivity contribution in [3.05, 3.63) is 52.5 Å². The van der Waals surface area contributed by atoms with E-state index in [4.69, 9.17) is 5.11 Å². The molecule has 2 N–H and O–H groups in total. The van der Waals surface area contributed by atoms with Crippen molar-refractivity contribution in [1.29, 1.82) is 0 Å². The van der Waals surface area contributed by atoms with E-state index in [0.29, 0.717) is 25.9 Å². The molecule has 0 bridgehead atoms. The van der Waals surface area contributed by atoms with Crippen LogP contribution in [-0.4, -0.2) is 46.1 Å². The van der Waals surface area contributed by atoms with Crippen molar-refractivity contribution in [3.63, 3.8) is 0 Å². The zero-order valence-corrected chi connectivity index (χ0v) is 15.7. The van der Waals surface area contributed by atoms with Gasteiger partial charge in [-0.15, -0.1) is 11.3 Å². The fraction of sp³-hybridized carbons (Fsp3) is 0.421. The number of carbonyl (C=O) groups is 2. The number of nitrogens with one attached hydrogen (secondary N) is 1. The number of benzene rings is 1. The topological polar surface area (TPSA) is 82.5 Å². The molecule has 1 aromatic heterocycles. The maximum absolute atomic E-state index is 12.6. The fourth-order valence-electron chi connectivity index (χ4n) is 2.70. The quantitative estimate of drug-likeness (QED) is 0.668. The summed E-state index contributed by atoms with van der Waals surface area (Å²) in [4.78, 5) is 29.5. The Balaban J connectivity index is 1.94. The molecule has 7 heteroatoms. The average molecular weight is 375 g/mol. The SMILES string of the molecule is CCN(CCc1nccs1)C(=O)NC(CCC(=O)O)Cc1ccccc1. The molecule has 140 valence electrons. The van der Waals surface area contributed by atoms with Crippen molar-refractivity contribution in [2.75, 3.05) is 13.1 Å². The van der Waals surface area contributed by atoms with E-state index in [9.17, 15) is 9.59 Å². The van der Waals surface area contributed by atoms with Crippen LogP contribution in [0.2, 0.25) is 0 Å². The normalized spacial score (nSPS) is 11.7. The Bertz CT molecular complexity index is 677. The molecule has 0 fully saturated rings. The number of carbonyl (C=O) groups excluding carboxylic acids is 1. The lowest BCUT2D eigenvalue weighted by molar-refractivity contribution is -0.137. The molecular weight excluding hydrogens is 350 g/mol. The second kappa shape index (κ2) is 10.6. The van der Waals surface area contributed by atoms with Crippen LogP contribution in [0.25, 0.3) is 0 Å². The zero-order chi connectivity index (χ0) is 18.8. The number of hydrogen-bond donors (Lipinski definition) is 2. The van der Waals surface area contributed by atoms with E-state index in [1.807, 2.05) is 42.6 Å². The third-order valence-corrected chi connectivity index (χ3v) is 4.95. The molecular formula is C19H25N3O3S. The summed E-state index contributed by atoms with van der Waals surface area (Å²) in [7, 11) is 0. The summed E-state index contributed by atoms with van der Waals surface area (Å²) in [5, 5.41) is 14.9. The van der Waals surface area contributed by atoms with Crippen LogP contribution in [-0.2, 0) is 17.6 Å². The molecule has 2 aromatic rings. The van der Waals surface area contributed by atoms with Gasteiger partial charge in [0, 0.05) is 43.5 Å². The Morgan fingerprint density at radius 1 is 1.31 bits per heavy atom. The molecule has 2 amide bonds. The first-order chi connectivity index (χ1) is 12.6. The van der Waals surface area contributed by atoms with E-state index in [-0.39, 0.29) is 18.5 Å². The summed E-state index contributed by atoms with van der Waals surface area (Å²) in [6.45, 7) is 3.12. The minimum atomic E-state index is -0.853. The minimum absolute atomic E-state index is 0.0308. The van der Waals surface area contributed by atoms with Gasteiger partial charge in [-0.2, -0.15) is 0 Å². The number of hydrogen-bond acceptors (Lipinski definition) is 4. The van der Waals surface area contributed by atoms with Crippen LogP contribution in [0.5, 0.6) is 0 Å². The van der Waals surface area contributed by atoms with Crippen molar-refractivity contribution < 1.29 is 14.7 Å². The lowest BCUT2D eigenvalue weighted by Crippen LogP contribution is -2.46. The number of likely N-dealkylation sites (N-methyl/N-ethyl adjacent to an activating group) is 1. The molecule has 0 aliphatic heterocycles. The van der Waals surface area contributed by atoms with Gasteiger partial charge < -0.3 is 15.3 Å². The standard InChI is InChI=1S/C19H25N3O3S/c1-2-22(12-10-17-20-11-13-26-17)19(25)21-16(8-9-18(23)24)14-15-6-4-3-5-7-15/h3-7,11,13,16H,2,8-10,12,14H2,1H3,(H,21,25)(H,23,24). The Kier molecular flexibility index (Phi) is 8.08. The van der Waals surface area contributed by atoms with Gasteiger partial charge in [-0.1, -0.05) is 30.3 Å². The van der Waals surface area contributed by atoms with E-state index in [1.54, 1.807) is 22.4 Å². The van der Waals surface area contributed by atoms with Crippen molar-refractivity contribution in [3.8, 4) is 0 Å². The van der Waals surface area contributed by atoms with E-state index in [1.165, 1.54) is 0 Å². The molecule has 2 rings (SSSR count). The predicted molar refractivity (Wildman–Crippen MR) is 102 cm³/mol. The second-order valence-electron chi connectivity index (χ2n) is 6.02. The Labute approximate surface area is 157 Å². The van der Waals surface area contributed by atoms with E-state index < -0.39 is 5.97 Å². The highest BCUT2D eigenvalue weighted by atomic mass is 32.1. The Hall–Kier alpha value is -2.41. The highest BCUT2D eigenvalue weighted by molar-refractivity contribution is 7.09. The van der Waals surface area contributed by atoms with Gasteiger partial charge in [0.25, 0.3) is 0 Å². The molecule has 0 aliphatic rings. The fourth-order valence-corrected chi connectivity index (χ4v) is 3.31. The van der Waals surface area contributed by atoms with Crippen LogP contribution >= 0.6 is 11.3 Å². The largest absolute Gasteiger partial charge is 0.481 e. The summed E-state index contributed by atoms with van der Waals surface area (Å²) < 4.78 is 0. The Morgan fingerprint density at radius 2 is 2.08 bits per heavy atom. The van der Waals surface area contributed by atoms with Gasteiger partial charge in [0.05, 0.1) is 5.01 Å². The van der Waals surface area contributed by atoms with Gasteiger partial charge in [0.15, 0.2) is 0 Å². The number of rotatable bonds is 10. The van der Waals surface area contributed by atoms with Crippen LogP contribution in [0.4, 0.5) is 4.79 Å². The first kappa shape index (κ1) is 19.9. The number of aliphatic carboxylic acids is 1. The number of amides is 2. The summed E-state index contributed by atoms with van der Waals surface area (Å²) in [6, 6.07) is 9.42. The van der Waals surface area contributed by atoms with E-state index in [0.717, 1.165) is 17.0 Å². The molecule has 6 nitrogen and oxygen atoms in total. The average Bonchev–Trinajstić information content (AvgIpc) is 3.14. The third kappa shape index (κ3) is 6.84. The molecule has 0 saturated heterocycles. The minimum Gasteiger partial charge on any atom is -0.481 e. The molecule has 0 saturated carbocycles. The number of thiazole rings is 1. The zero-order valence-electron chi connectivity index (χ0n) is 14.9. The summed E-state index contributed by atoms with van der Waals surface area (Å²) in [5.41, 5.74) is 1.08. The number of carboxylic acids is 1. The number of urea groups is 1. The van der Waals surface area contributed by atoms with Crippen LogP contribution in [0.15, 0.2) is 41.9 Å². The maximum Gasteiger partial charge on any atom is 0.317 e. The van der Waals surface area contributed by atoms with Crippen LogP contribution < -0.4 is 5.32 Å². The lowest BCUT2D eigenvalue weighted by Gasteiger charge is -2.25. The van der Waals surface area contributed by atoms with Gasteiger partial charge in [0.1, 0.15) is 0 Å². The van der Waals surface area contributed by atoms with Gasteiger partial charge in [-0.25, -0.2) is 9.78 Å². The molecule has 0 radical (unpaired) electrons. The second-order valence-corrected chi connectivity index (χ2v) is 7.00.